The van der Waals surface area contributed by atoms with Crippen LogP contribution in [0.3, 0.4) is 0 Å². The van der Waals surface area contributed by atoms with Gasteiger partial charge in [0.25, 0.3) is 0 Å². The predicted octanol–water partition coefficient (Wildman–Crippen LogP) is 1.50. The molecular weight excluding hydrogens is 142 g/mol. The molecule has 0 aromatic carbocycles. The van der Waals surface area contributed by atoms with Crippen LogP contribution in [0.5, 0.6) is 0 Å². The molecule has 1 heterocycles. The Balaban J connectivity index is 2.86. The second kappa shape index (κ2) is 3.05. The summed E-state index contributed by atoms with van der Waals surface area (Å²) in [6.07, 6.45) is 2.93. The maximum absolute atomic E-state index is 10.2. The van der Waals surface area contributed by atoms with Gasteiger partial charge in [-0.2, -0.15) is 0 Å². The normalized spacial score (nSPS) is 11.5. The van der Waals surface area contributed by atoms with Gasteiger partial charge in [-0.05, 0) is 24.6 Å². The van der Waals surface area contributed by atoms with Gasteiger partial charge in [-0.25, -0.2) is 4.79 Å². The lowest BCUT2D eigenvalue weighted by molar-refractivity contribution is -0.131. The van der Waals surface area contributed by atoms with Crippen LogP contribution in [0, 0.1) is 0 Å². The summed E-state index contributed by atoms with van der Waals surface area (Å²) in [4.78, 5) is 13.1. The van der Waals surface area contributed by atoms with E-state index in [0.29, 0.717) is 0 Å². The maximum Gasteiger partial charge on any atom is 0.328 e. The van der Waals surface area contributed by atoms with Gasteiger partial charge < -0.3 is 10.1 Å². The second-order valence-electron chi connectivity index (χ2n) is 2.25. The molecule has 1 aromatic heterocycles. The first kappa shape index (κ1) is 7.60. The molecule has 1 aromatic rings. The molecule has 0 saturated carbocycles. The van der Waals surface area contributed by atoms with E-state index in [0.717, 1.165) is 11.3 Å². The van der Waals surface area contributed by atoms with E-state index in [1.165, 1.54) is 6.08 Å². The number of carbonyl (C=O) groups is 1. The third kappa shape index (κ3) is 1.97. The number of aromatic nitrogens is 1. The smallest absolute Gasteiger partial charge is 0.328 e. The number of carboxylic acid groups (broad SMARTS) is 1. The van der Waals surface area contributed by atoms with Crippen molar-refractivity contribution in [1.29, 1.82) is 0 Å². The third-order valence-electron chi connectivity index (χ3n) is 1.36. The lowest BCUT2D eigenvalue weighted by Crippen LogP contribution is -1.89. The van der Waals surface area contributed by atoms with Gasteiger partial charge in [0, 0.05) is 18.0 Å². The van der Waals surface area contributed by atoms with E-state index in [4.69, 9.17) is 5.11 Å². The largest absolute Gasteiger partial charge is 0.478 e. The molecule has 0 unspecified atom stereocenters. The van der Waals surface area contributed by atoms with E-state index in [2.05, 4.69) is 4.98 Å². The van der Waals surface area contributed by atoms with Gasteiger partial charge in [0.2, 0.25) is 0 Å². The number of rotatable bonds is 2. The SMILES string of the molecule is C/C(=C\C(=O)O)c1ccc[nH]1. The van der Waals surface area contributed by atoms with E-state index in [-0.39, 0.29) is 0 Å². The predicted molar refractivity (Wildman–Crippen MR) is 42.1 cm³/mol. The van der Waals surface area contributed by atoms with E-state index in [1.54, 1.807) is 13.1 Å². The minimum Gasteiger partial charge on any atom is -0.478 e. The van der Waals surface area contributed by atoms with Crippen molar-refractivity contribution in [2.45, 2.75) is 6.92 Å². The van der Waals surface area contributed by atoms with Crippen LogP contribution < -0.4 is 0 Å². The molecule has 3 heteroatoms. The van der Waals surface area contributed by atoms with E-state index >= 15 is 0 Å². The fourth-order valence-corrected chi connectivity index (χ4v) is 0.839. The fraction of sp³-hybridized carbons (Fsp3) is 0.125. The van der Waals surface area contributed by atoms with Crippen LogP contribution in [0.2, 0.25) is 0 Å². The first-order valence-corrected chi connectivity index (χ1v) is 3.25. The van der Waals surface area contributed by atoms with Crippen molar-refractivity contribution < 1.29 is 9.90 Å². The summed E-state index contributed by atoms with van der Waals surface area (Å²) in [6.45, 7) is 1.75. The lowest BCUT2D eigenvalue weighted by atomic mass is 10.2. The molecule has 0 fully saturated rings. The monoisotopic (exact) mass is 151 g/mol. The second-order valence-corrected chi connectivity index (χ2v) is 2.25. The minimum atomic E-state index is -0.919. The number of allylic oxidation sites excluding steroid dienone is 1. The fourth-order valence-electron chi connectivity index (χ4n) is 0.839. The number of nitrogens with one attached hydrogen (secondary N) is 1. The van der Waals surface area contributed by atoms with Gasteiger partial charge in [0.1, 0.15) is 0 Å². The van der Waals surface area contributed by atoms with Crippen LogP contribution in [-0.2, 0) is 4.79 Å². The Morgan fingerprint density at radius 3 is 2.91 bits per heavy atom. The van der Waals surface area contributed by atoms with Crippen LogP contribution >= 0.6 is 0 Å². The molecule has 0 amide bonds. The Morgan fingerprint density at radius 1 is 1.73 bits per heavy atom. The molecular formula is C8H9NO2. The number of carboxylic acids is 1. The van der Waals surface area contributed by atoms with Crippen LogP contribution in [-0.4, -0.2) is 16.1 Å². The average molecular weight is 151 g/mol. The van der Waals surface area contributed by atoms with Crippen molar-refractivity contribution in [2.75, 3.05) is 0 Å². The lowest BCUT2D eigenvalue weighted by Gasteiger charge is -1.93. The van der Waals surface area contributed by atoms with Gasteiger partial charge in [-0.1, -0.05) is 0 Å². The van der Waals surface area contributed by atoms with Gasteiger partial charge in [-0.15, -0.1) is 0 Å². The van der Waals surface area contributed by atoms with Crippen molar-refractivity contribution in [2.24, 2.45) is 0 Å². The zero-order valence-electron chi connectivity index (χ0n) is 6.16. The summed E-state index contributed by atoms with van der Waals surface area (Å²) in [5.41, 5.74) is 1.56. The summed E-state index contributed by atoms with van der Waals surface area (Å²) < 4.78 is 0. The highest BCUT2D eigenvalue weighted by Gasteiger charge is 1.96. The molecule has 11 heavy (non-hydrogen) atoms. The summed E-state index contributed by atoms with van der Waals surface area (Å²) in [5, 5.41) is 8.39. The average Bonchev–Trinajstić information content (AvgIpc) is 2.35. The van der Waals surface area contributed by atoms with Gasteiger partial charge in [0.15, 0.2) is 0 Å². The van der Waals surface area contributed by atoms with Crippen molar-refractivity contribution in [3.8, 4) is 0 Å². The van der Waals surface area contributed by atoms with Crippen LogP contribution in [0.4, 0.5) is 0 Å². The number of H-pyrrole nitrogens is 1. The number of aromatic amines is 1. The molecule has 0 bridgehead atoms. The Labute approximate surface area is 64.4 Å². The molecule has 0 atom stereocenters. The van der Waals surface area contributed by atoms with E-state index in [1.807, 2.05) is 12.1 Å². The van der Waals surface area contributed by atoms with Crippen molar-refractivity contribution in [1.82, 2.24) is 4.98 Å². The highest BCUT2D eigenvalue weighted by molar-refractivity contribution is 5.88. The first-order valence-electron chi connectivity index (χ1n) is 3.25. The first-order chi connectivity index (χ1) is 5.20. The molecule has 0 saturated heterocycles. The number of hydrogen-bond donors (Lipinski definition) is 2. The Kier molecular flexibility index (Phi) is 2.11. The van der Waals surface area contributed by atoms with Crippen LogP contribution in [0.15, 0.2) is 24.4 Å². The van der Waals surface area contributed by atoms with Crippen molar-refractivity contribution in [3.05, 3.63) is 30.1 Å². The molecule has 0 spiro atoms. The van der Waals surface area contributed by atoms with Gasteiger partial charge in [-0.3, -0.25) is 0 Å². The van der Waals surface area contributed by atoms with E-state index in [9.17, 15) is 4.79 Å². The molecule has 3 nitrogen and oxygen atoms in total. The number of aliphatic carboxylic acids is 1. The molecule has 0 aliphatic heterocycles. The summed E-state index contributed by atoms with van der Waals surface area (Å²) in [6, 6.07) is 3.66. The minimum absolute atomic E-state index is 0.725. The standard InChI is InChI=1S/C8H9NO2/c1-6(5-8(10)11)7-3-2-4-9-7/h2-5,9H,1H3,(H,10,11)/b6-5+. The molecule has 0 radical (unpaired) electrons. The highest BCUT2D eigenvalue weighted by Crippen LogP contribution is 2.09. The van der Waals surface area contributed by atoms with Crippen molar-refractivity contribution >= 4 is 11.5 Å². The van der Waals surface area contributed by atoms with Gasteiger partial charge >= 0.3 is 5.97 Å². The van der Waals surface area contributed by atoms with Crippen LogP contribution in [0.25, 0.3) is 5.57 Å². The molecule has 0 aliphatic carbocycles. The topological polar surface area (TPSA) is 53.1 Å². The molecule has 2 N–H and O–H groups in total. The van der Waals surface area contributed by atoms with E-state index < -0.39 is 5.97 Å². The van der Waals surface area contributed by atoms with Gasteiger partial charge in [0.05, 0.1) is 0 Å². The molecule has 1 rings (SSSR count). The Bertz CT molecular complexity index is 272. The van der Waals surface area contributed by atoms with Crippen LogP contribution in [0.1, 0.15) is 12.6 Å². The Hall–Kier alpha value is -1.51. The van der Waals surface area contributed by atoms with Crippen molar-refractivity contribution in [3.63, 3.8) is 0 Å². The zero-order chi connectivity index (χ0) is 8.27. The Morgan fingerprint density at radius 2 is 2.45 bits per heavy atom. The third-order valence-corrected chi connectivity index (χ3v) is 1.36. The quantitative estimate of drug-likeness (QED) is 0.629. The molecule has 0 aliphatic rings. The number of hydrogen-bond acceptors (Lipinski definition) is 1. The summed E-state index contributed by atoms with van der Waals surface area (Å²) >= 11 is 0. The summed E-state index contributed by atoms with van der Waals surface area (Å²) in [5.74, 6) is -0.919. The molecule has 58 valence electrons. The maximum atomic E-state index is 10.2. The summed E-state index contributed by atoms with van der Waals surface area (Å²) in [7, 11) is 0. The highest BCUT2D eigenvalue weighted by atomic mass is 16.4. The zero-order valence-corrected chi connectivity index (χ0v) is 6.16.